The molecule has 1 radical (unpaired) electrons. The highest BCUT2D eigenvalue weighted by atomic mass is 28.4. The molecule has 0 amide bonds. The molecule has 1 N–H and O–H groups in total. The van der Waals surface area contributed by atoms with Crippen LogP contribution in [0.3, 0.4) is 0 Å². The molecule has 0 saturated carbocycles. The summed E-state index contributed by atoms with van der Waals surface area (Å²) in [5.74, 6) is 0. The van der Waals surface area contributed by atoms with Crippen LogP contribution in [0.5, 0.6) is 0 Å². The van der Waals surface area contributed by atoms with E-state index in [2.05, 4.69) is 0 Å². The SMILES string of the molecule is C[Si](C)([O])CCCO. The van der Waals surface area contributed by atoms with Crippen LogP contribution in [0.15, 0.2) is 0 Å². The molecule has 0 aliphatic heterocycles. The van der Waals surface area contributed by atoms with Crippen LogP contribution in [0.2, 0.25) is 19.1 Å². The Morgan fingerprint density at radius 1 is 1.50 bits per heavy atom. The molecule has 0 spiro atoms. The summed E-state index contributed by atoms with van der Waals surface area (Å²) in [6, 6.07) is 0.698. The van der Waals surface area contributed by atoms with Gasteiger partial charge < -0.3 is 5.11 Å². The van der Waals surface area contributed by atoms with Crippen molar-refractivity contribution in [3.63, 3.8) is 0 Å². The Morgan fingerprint density at radius 3 is 2.12 bits per heavy atom. The maximum Gasteiger partial charge on any atom is 0.231 e. The number of hydrogen-bond donors (Lipinski definition) is 1. The van der Waals surface area contributed by atoms with Crippen molar-refractivity contribution in [1.29, 1.82) is 0 Å². The van der Waals surface area contributed by atoms with Gasteiger partial charge >= 0.3 is 0 Å². The first kappa shape index (κ1) is 8.14. The van der Waals surface area contributed by atoms with Gasteiger partial charge in [0.1, 0.15) is 0 Å². The number of hydrogen-bond acceptors (Lipinski definition) is 1. The number of aliphatic hydroxyl groups excluding tert-OH is 1. The minimum atomic E-state index is -2.09. The molecule has 0 aliphatic carbocycles. The minimum absolute atomic E-state index is 0.165. The van der Waals surface area contributed by atoms with Crippen molar-refractivity contribution in [2.45, 2.75) is 25.6 Å². The van der Waals surface area contributed by atoms with Gasteiger partial charge in [-0.05, 0) is 25.6 Å². The van der Waals surface area contributed by atoms with Crippen molar-refractivity contribution in [2.24, 2.45) is 0 Å². The third kappa shape index (κ3) is 6.14. The summed E-state index contributed by atoms with van der Waals surface area (Å²) in [7, 11) is -2.09. The van der Waals surface area contributed by atoms with E-state index in [0.29, 0.717) is 12.5 Å². The summed E-state index contributed by atoms with van der Waals surface area (Å²) in [5, 5.41) is 8.31. The molecular formula is C5H13O2Si. The summed E-state index contributed by atoms with van der Waals surface area (Å²) in [6.07, 6.45) is 0.683. The molecule has 0 unspecified atom stereocenters. The molecule has 0 aliphatic rings. The molecule has 0 rings (SSSR count). The van der Waals surface area contributed by atoms with Crippen molar-refractivity contribution < 1.29 is 9.90 Å². The molecule has 0 atom stereocenters. The van der Waals surface area contributed by atoms with E-state index in [1.165, 1.54) is 0 Å². The quantitative estimate of drug-likeness (QED) is 0.573. The predicted molar refractivity (Wildman–Crippen MR) is 34.7 cm³/mol. The molecule has 2 nitrogen and oxygen atoms in total. The Labute approximate surface area is 51.3 Å². The molecule has 49 valence electrons. The van der Waals surface area contributed by atoms with E-state index < -0.39 is 8.32 Å². The summed E-state index contributed by atoms with van der Waals surface area (Å²) >= 11 is 0. The predicted octanol–water partition coefficient (Wildman–Crippen LogP) is 1.00. The largest absolute Gasteiger partial charge is 0.396 e. The van der Waals surface area contributed by atoms with E-state index in [1.54, 1.807) is 13.1 Å². The van der Waals surface area contributed by atoms with Crippen LogP contribution in [0.4, 0.5) is 0 Å². The highest BCUT2D eigenvalue weighted by molar-refractivity contribution is 6.69. The molecule has 0 aromatic carbocycles. The normalized spacial score (nSPS) is 12.0. The van der Waals surface area contributed by atoms with Crippen molar-refractivity contribution in [3.8, 4) is 0 Å². The number of rotatable bonds is 3. The second-order valence-electron chi connectivity index (χ2n) is 2.59. The van der Waals surface area contributed by atoms with Gasteiger partial charge in [0.05, 0.1) is 0 Å². The molecule has 0 bridgehead atoms. The van der Waals surface area contributed by atoms with Crippen molar-refractivity contribution in [3.05, 3.63) is 0 Å². The Morgan fingerprint density at radius 2 is 2.00 bits per heavy atom. The molecule has 0 heterocycles. The maximum atomic E-state index is 10.9. The molecule has 0 saturated heterocycles. The van der Waals surface area contributed by atoms with Crippen LogP contribution in [0.1, 0.15) is 6.42 Å². The summed E-state index contributed by atoms with van der Waals surface area (Å²) < 4.78 is 0. The second-order valence-corrected chi connectivity index (χ2v) is 6.61. The van der Waals surface area contributed by atoms with Crippen molar-refractivity contribution in [1.82, 2.24) is 0 Å². The van der Waals surface area contributed by atoms with E-state index in [1.807, 2.05) is 0 Å². The fourth-order valence-electron chi connectivity index (χ4n) is 0.505. The van der Waals surface area contributed by atoms with Crippen LogP contribution in [-0.4, -0.2) is 20.0 Å². The second kappa shape index (κ2) is 3.22. The molecule has 0 aromatic rings. The Bertz CT molecular complexity index is 57.9. The lowest BCUT2D eigenvalue weighted by Gasteiger charge is -2.07. The van der Waals surface area contributed by atoms with Crippen LogP contribution < -0.4 is 0 Å². The van der Waals surface area contributed by atoms with Gasteiger partial charge in [0.25, 0.3) is 0 Å². The fraction of sp³-hybridized carbons (Fsp3) is 1.00. The zero-order valence-corrected chi connectivity index (χ0v) is 6.48. The maximum absolute atomic E-state index is 10.9. The Kier molecular flexibility index (Phi) is 3.27. The van der Waals surface area contributed by atoms with Crippen LogP contribution >= 0.6 is 0 Å². The number of aliphatic hydroxyl groups is 1. The highest BCUT2D eigenvalue weighted by Crippen LogP contribution is 2.06. The van der Waals surface area contributed by atoms with Crippen LogP contribution in [-0.2, 0) is 4.80 Å². The third-order valence-electron chi connectivity index (χ3n) is 0.937. The Balaban J connectivity index is 3.11. The van der Waals surface area contributed by atoms with E-state index >= 15 is 0 Å². The van der Waals surface area contributed by atoms with Crippen LogP contribution in [0, 0.1) is 0 Å². The molecule has 0 aromatic heterocycles. The highest BCUT2D eigenvalue weighted by Gasteiger charge is 2.17. The minimum Gasteiger partial charge on any atom is -0.396 e. The van der Waals surface area contributed by atoms with Gasteiger partial charge in [-0.2, -0.15) is 0 Å². The zero-order chi connectivity index (χ0) is 6.62. The molecule has 0 fully saturated rings. The van der Waals surface area contributed by atoms with Gasteiger partial charge in [0, 0.05) is 6.61 Å². The average Bonchev–Trinajstić information content (AvgIpc) is 1.59. The lowest BCUT2D eigenvalue weighted by Crippen LogP contribution is -2.22. The van der Waals surface area contributed by atoms with E-state index in [0.717, 1.165) is 0 Å². The van der Waals surface area contributed by atoms with Crippen molar-refractivity contribution >= 4 is 8.32 Å². The van der Waals surface area contributed by atoms with Crippen molar-refractivity contribution in [2.75, 3.05) is 6.61 Å². The van der Waals surface area contributed by atoms with Gasteiger partial charge in [-0.1, -0.05) is 0 Å². The lowest BCUT2D eigenvalue weighted by molar-refractivity contribution is 0.290. The lowest BCUT2D eigenvalue weighted by atomic mass is 10.5. The molecule has 3 heteroatoms. The molecular weight excluding hydrogens is 120 g/mol. The van der Waals surface area contributed by atoms with Gasteiger partial charge in [-0.15, -0.1) is 0 Å². The fourth-order valence-corrected chi connectivity index (χ4v) is 1.51. The summed E-state index contributed by atoms with van der Waals surface area (Å²) in [5.41, 5.74) is 0. The van der Waals surface area contributed by atoms with E-state index in [4.69, 9.17) is 5.11 Å². The van der Waals surface area contributed by atoms with Crippen LogP contribution in [0.25, 0.3) is 0 Å². The zero-order valence-electron chi connectivity index (χ0n) is 5.48. The first-order valence-corrected chi connectivity index (χ1v) is 5.99. The summed E-state index contributed by atoms with van der Waals surface area (Å²) in [6.45, 7) is 3.70. The van der Waals surface area contributed by atoms with Gasteiger partial charge in [-0.25, -0.2) is 0 Å². The van der Waals surface area contributed by atoms with E-state index in [-0.39, 0.29) is 6.61 Å². The standard InChI is InChI=1S/C5H13O2Si/c1-8(2,7)5-3-4-6/h6H,3-5H2,1-2H3. The average molecular weight is 133 g/mol. The first-order valence-electron chi connectivity index (χ1n) is 2.87. The van der Waals surface area contributed by atoms with E-state index in [9.17, 15) is 4.80 Å². The van der Waals surface area contributed by atoms with Gasteiger partial charge in [-0.3, -0.25) is 4.80 Å². The van der Waals surface area contributed by atoms with Gasteiger partial charge in [0.15, 0.2) is 0 Å². The monoisotopic (exact) mass is 133 g/mol. The first-order chi connectivity index (χ1) is 3.56. The topological polar surface area (TPSA) is 40.1 Å². The third-order valence-corrected chi connectivity index (χ3v) is 2.49. The van der Waals surface area contributed by atoms with Gasteiger partial charge in [0.2, 0.25) is 8.32 Å². The summed E-state index contributed by atoms with van der Waals surface area (Å²) in [4.78, 5) is 10.9. The molecule has 8 heavy (non-hydrogen) atoms. The smallest absolute Gasteiger partial charge is 0.231 e. The Hall–Kier alpha value is 0.137.